The van der Waals surface area contributed by atoms with Crippen molar-refractivity contribution in [2.24, 2.45) is 7.05 Å². The van der Waals surface area contributed by atoms with Gasteiger partial charge in [-0.2, -0.15) is 4.31 Å². The van der Waals surface area contributed by atoms with Crippen LogP contribution < -0.4 is 5.32 Å². The summed E-state index contributed by atoms with van der Waals surface area (Å²) in [4.78, 5) is 12.9. The second-order valence-corrected chi connectivity index (χ2v) is 8.23. The fraction of sp³-hybridized carbons (Fsp3) is 0.278. The molecule has 8 nitrogen and oxygen atoms in total. The van der Waals surface area contributed by atoms with E-state index in [1.807, 2.05) is 48.1 Å². The molecular weight excluding hydrogens is 364 g/mol. The molecule has 1 aliphatic rings. The maximum Gasteiger partial charge on any atom is 0.246 e. The molecule has 0 bridgehead atoms. The van der Waals surface area contributed by atoms with Gasteiger partial charge in [-0.3, -0.25) is 0 Å². The molecule has 140 valence electrons. The number of hydrogen-bond donors (Lipinski definition) is 1. The third-order valence-corrected chi connectivity index (χ3v) is 6.48. The van der Waals surface area contributed by atoms with Crippen LogP contribution in [0.25, 0.3) is 11.4 Å². The number of rotatable bonds is 4. The SMILES string of the molecule is Cn1ccnc1C1CNCCN1S(=O)(=O)c1cnc(-c2ccccc2)nc1. The normalized spacial score (nSPS) is 18.5. The van der Waals surface area contributed by atoms with E-state index in [0.717, 1.165) is 5.56 Å². The molecule has 1 atom stereocenters. The Kier molecular flexibility index (Phi) is 4.73. The lowest BCUT2D eigenvalue weighted by Gasteiger charge is -2.34. The van der Waals surface area contributed by atoms with E-state index in [2.05, 4.69) is 20.3 Å². The molecule has 1 N–H and O–H groups in total. The lowest BCUT2D eigenvalue weighted by molar-refractivity contribution is 0.258. The van der Waals surface area contributed by atoms with Gasteiger partial charge in [0.15, 0.2) is 5.82 Å². The number of sulfonamides is 1. The average molecular weight is 384 g/mol. The van der Waals surface area contributed by atoms with Crippen molar-refractivity contribution < 1.29 is 8.42 Å². The second-order valence-electron chi connectivity index (χ2n) is 6.34. The van der Waals surface area contributed by atoms with Gasteiger partial charge in [-0.25, -0.2) is 23.4 Å². The molecule has 1 saturated heterocycles. The summed E-state index contributed by atoms with van der Waals surface area (Å²) in [7, 11) is -1.88. The van der Waals surface area contributed by atoms with Gasteiger partial charge >= 0.3 is 0 Å². The van der Waals surface area contributed by atoms with Crippen LogP contribution >= 0.6 is 0 Å². The molecule has 27 heavy (non-hydrogen) atoms. The highest BCUT2D eigenvalue weighted by Gasteiger charge is 2.36. The number of imidazole rings is 1. The second kappa shape index (κ2) is 7.18. The topological polar surface area (TPSA) is 93.0 Å². The van der Waals surface area contributed by atoms with Crippen LogP contribution in [0.1, 0.15) is 11.9 Å². The first-order chi connectivity index (χ1) is 13.1. The van der Waals surface area contributed by atoms with E-state index >= 15 is 0 Å². The monoisotopic (exact) mass is 384 g/mol. The van der Waals surface area contributed by atoms with Gasteiger partial charge in [0, 0.05) is 44.6 Å². The van der Waals surface area contributed by atoms with E-state index in [1.54, 1.807) is 6.20 Å². The van der Waals surface area contributed by atoms with Gasteiger partial charge in [-0.15, -0.1) is 0 Å². The maximum atomic E-state index is 13.2. The molecule has 4 rings (SSSR count). The van der Waals surface area contributed by atoms with Crippen molar-refractivity contribution in [2.75, 3.05) is 19.6 Å². The molecule has 1 aliphatic heterocycles. The molecule has 0 saturated carbocycles. The molecular formula is C18H20N6O2S. The third-order valence-electron chi connectivity index (χ3n) is 4.62. The molecule has 0 radical (unpaired) electrons. The molecule has 2 aromatic heterocycles. The number of nitrogens with zero attached hydrogens (tertiary/aromatic N) is 5. The Balaban J connectivity index is 1.66. The van der Waals surface area contributed by atoms with Gasteiger partial charge in [-0.05, 0) is 0 Å². The Morgan fingerprint density at radius 1 is 1.11 bits per heavy atom. The van der Waals surface area contributed by atoms with Crippen molar-refractivity contribution >= 4 is 10.0 Å². The summed E-state index contributed by atoms with van der Waals surface area (Å²) in [6.45, 7) is 1.45. The van der Waals surface area contributed by atoms with E-state index in [1.165, 1.54) is 16.7 Å². The van der Waals surface area contributed by atoms with Gasteiger partial charge in [0.1, 0.15) is 10.7 Å². The summed E-state index contributed by atoms with van der Waals surface area (Å²) in [5, 5.41) is 3.24. The highest BCUT2D eigenvalue weighted by atomic mass is 32.2. The molecule has 0 amide bonds. The number of aromatic nitrogens is 4. The Morgan fingerprint density at radius 2 is 1.85 bits per heavy atom. The molecule has 0 spiro atoms. The molecule has 9 heteroatoms. The predicted octanol–water partition coefficient (Wildman–Crippen LogP) is 1.21. The van der Waals surface area contributed by atoms with Crippen LogP contribution in [0.15, 0.2) is 60.0 Å². The van der Waals surface area contributed by atoms with Crippen molar-refractivity contribution in [1.29, 1.82) is 0 Å². The first-order valence-corrected chi connectivity index (χ1v) is 10.1. The first kappa shape index (κ1) is 17.8. The van der Waals surface area contributed by atoms with Crippen LogP contribution in [0.2, 0.25) is 0 Å². The third kappa shape index (κ3) is 3.36. The lowest BCUT2D eigenvalue weighted by atomic mass is 10.2. The summed E-state index contributed by atoms with van der Waals surface area (Å²) in [6.07, 6.45) is 6.24. The van der Waals surface area contributed by atoms with Crippen LogP contribution in [0.4, 0.5) is 0 Å². The summed E-state index contributed by atoms with van der Waals surface area (Å²) >= 11 is 0. The fourth-order valence-corrected chi connectivity index (χ4v) is 4.69. The Bertz CT molecular complexity index is 1020. The molecule has 3 aromatic rings. The Hall–Kier alpha value is -2.62. The number of benzene rings is 1. The number of hydrogen-bond acceptors (Lipinski definition) is 6. The van der Waals surface area contributed by atoms with Gasteiger partial charge < -0.3 is 9.88 Å². The van der Waals surface area contributed by atoms with Crippen LogP contribution in [0.5, 0.6) is 0 Å². The number of piperazine rings is 1. The number of nitrogens with one attached hydrogen (secondary N) is 1. The predicted molar refractivity (Wildman–Crippen MR) is 100 cm³/mol. The van der Waals surface area contributed by atoms with Gasteiger partial charge in [0.25, 0.3) is 0 Å². The zero-order valence-corrected chi connectivity index (χ0v) is 15.7. The highest BCUT2D eigenvalue weighted by molar-refractivity contribution is 7.89. The van der Waals surface area contributed by atoms with E-state index in [4.69, 9.17) is 0 Å². The smallest absolute Gasteiger partial charge is 0.246 e. The van der Waals surface area contributed by atoms with Crippen molar-refractivity contribution in [3.8, 4) is 11.4 Å². The van der Waals surface area contributed by atoms with Crippen molar-refractivity contribution in [3.63, 3.8) is 0 Å². The van der Waals surface area contributed by atoms with Crippen molar-refractivity contribution in [1.82, 2.24) is 29.1 Å². The van der Waals surface area contributed by atoms with E-state index < -0.39 is 10.0 Å². The summed E-state index contributed by atoms with van der Waals surface area (Å²) in [5.41, 5.74) is 0.842. The number of aryl methyl sites for hydroxylation is 1. The van der Waals surface area contributed by atoms with Crippen molar-refractivity contribution in [3.05, 3.63) is 60.9 Å². The minimum absolute atomic E-state index is 0.0864. The standard InChI is InChI=1S/C18H20N6O2S/c1-23-9-8-20-18(23)16-13-19-7-10-24(16)27(25,26)15-11-21-17(22-12-15)14-5-3-2-4-6-14/h2-6,8-9,11-12,16,19H,7,10,13H2,1H3. The minimum Gasteiger partial charge on any atom is -0.337 e. The average Bonchev–Trinajstić information content (AvgIpc) is 3.14. The van der Waals surface area contributed by atoms with Crippen LogP contribution in [0, 0.1) is 0 Å². The fourth-order valence-electron chi connectivity index (χ4n) is 3.21. The zero-order chi connectivity index (χ0) is 18.9. The van der Waals surface area contributed by atoms with E-state index in [0.29, 0.717) is 31.3 Å². The van der Waals surface area contributed by atoms with Crippen LogP contribution in [0.3, 0.4) is 0 Å². The maximum absolute atomic E-state index is 13.2. The van der Waals surface area contributed by atoms with E-state index in [-0.39, 0.29) is 10.9 Å². The van der Waals surface area contributed by atoms with Crippen LogP contribution in [-0.2, 0) is 17.1 Å². The molecule has 3 heterocycles. The summed E-state index contributed by atoms with van der Waals surface area (Å²) in [6, 6.07) is 9.08. The highest BCUT2D eigenvalue weighted by Crippen LogP contribution is 2.27. The summed E-state index contributed by atoms with van der Waals surface area (Å²) in [5.74, 6) is 1.20. The molecule has 1 fully saturated rings. The minimum atomic E-state index is -3.74. The first-order valence-electron chi connectivity index (χ1n) is 8.64. The zero-order valence-electron chi connectivity index (χ0n) is 14.9. The Morgan fingerprint density at radius 3 is 2.52 bits per heavy atom. The lowest BCUT2D eigenvalue weighted by Crippen LogP contribution is -2.49. The van der Waals surface area contributed by atoms with Crippen molar-refractivity contribution in [2.45, 2.75) is 10.9 Å². The Labute approximate surface area is 158 Å². The van der Waals surface area contributed by atoms with Gasteiger partial charge in [0.2, 0.25) is 10.0 Å². The molecule has 0 aliphatic carbocycles. The quantitative estimate of drug-likeness (QED) is 0.727. The van der Waals surface area contributed by atoms with E-state index in [9.17, 15) is 8.42 Å². The van der Waals surface area contributed by atoms with Gasteiger partial charge in [0.05, 0.1) is 18.4 Å². The summed E-state index contributed by atoms with van der Waals surface area (Å²) < 4.78 is 29.8. The molecule has 1 unspecified atom stereocenters. The molecule has 1 aromatic carbocycles. The van der Waals surface area contributed by atoms with Crippen LogP contribution in [-0.4, -0.2) is 51.9 Å². The largest absolute Gasteiger partial charge is 0.337 e. The van der Waals surface area contributed by atoms with Gasteiger partial charge in [-0.1, -0.05) is 30.3 Å².